The second-order valence-corrected chi connectivity index (χ2v) is 24.8. The molecule has 0 aromatic rings. The number of carbonyl (C=O) groups excluding carboxylic acids is 3. The molecule has 0 aromatic carbocycles. The van der Waals surface area contributed by atoms with E-state index in [1.807, 2.05) is 0 Å². The molecule has 0 aliphatic carbocycles. The Kier molecular flexibility index (Phi) is 68.6. The fraction of sp³-hybridized carbons (Fsp3) is 0.855. The average Bonchev–Trinajstić information content (AvgIpc) is 3.47. The third kappa shape index (κ3) is 68.2. The fourth-order valence-electron chi connectivity index (χ4n) is 11.1. The molecule has 0 spiro atoms. The first kappa shape index (κ1) is 79.4. The molecule has 0 radical (unpaired) electrons. The molecule has 0 amide bonds. The Morgan fingerprint density at radius 3 is 0.756 bits per heavy atom. The van der Waals surface area contributed by atoms with Gasteiger partial charge < -0.3 is 14.2 Å². The maximum Gasteiger partial charge on any atom is 0.306 e. The molecule has 0 heterocycles. The van der Waals surface area contributed by atoms with Crippen molar-refractivity contribution in [1.82, 2.24) is 0 Å². The summed E-state index contributed by atoms with van der Waals surface area (Å²) in [5.74, 6) is -0.870. The van der Waals surface area contributed by atoms with Crippen LogP contribution in [0.1, 0.15) is 400 Å². The number of hydrogen-bond donors (Lipinski definition) is 0. The summed E-state index contributed by atoms with van der Waals surface area (Å²) < 4.78 is 17.0. The van der Waals surface area contributed by atoms with E-state index in [-0.39, 0.29) is 31.1 Å². The first-order chi connectivity index (χ1) is 40.5. The van der Waals surface area contributed by atoms with E-state index < -0.39 is 6.10 Å². The fourth-order valence-corrected chi connectivity index (χ4v) is 11.1. The van der Waals surface area contributed by atoms with Crippen molar-refractivity contribution >= 4 is 17.9 Å². The van der Waals surface area contributed by atoms with Gasteiger partial charge in [-0.1, -0.05) is 352 Å². The normalized spacial score (nSPS) is 12.3. The number of esters is 3. The van der Waals surface area contributed by atoms with Gasteiger partial charge in [-0.05, 0) is 77.0 Å². The lowest BCUT2D eigenvalue weighted by atomic mass is 10.0. The lowest BCUT2D eigenvalue weighted by Gasteiger charge is -2.18. The summed E-state index contributed by atoms with van der Waals surface area (Å²) >= 11 is 0. The number of carbonyl (C=O) groups is 3. The molecule has 6 nitrogen and oxygen atoms in total. The maximum absolute atomic E-state index is 12.9. The van der Waals surface area contributed by atoms with Crippen LogP contribution in [0.25, 0.3) is 0 Å². The van der Waals surface area contributed by atoms with Crippen LogP contribution in [-0.2, 0) is 28.6 Å². The molecular formula is C76H140O6. The van der Waals surface area contributed by atoms with Crippen molar-refractivity contribution < 1.29 is 28.6 Å². The van der Waals surface area contributed by atoms with Crippen LogP contribution in [0.3, 0.4) is 0 Å². The van der Waals surface area contributed by atoms with Gasteiger partial charge >= 0.3 is 17.9 Å². The Hall–Kier alpha value is -2.63. The van der Waals surface area contributed by atoms with E-state index in [4.69, 9.17) is 14.2 Å². The molecule has 1 unspecified atom stereocenters. The Balaban J connectivity index is 4.15. The number of ether oxygens (including phenoxy) is 3. The molecule has 0 fully saturated rings. The lowest BCUT2D eigenvalue weighted by molar-refractivity contribution is -0.167. The molecule has 0 saturated heterocycles. The van der Waals surface area contributed by atoms with Crippen LogP contribution in [0.15, 0.2) is 48.6 Å². The zero-order valence-electron chi connectivity index (χ0n) is 55.3. The first-order valence-electron chi connectivity index (χ1n) is 36.6. The molecule has 0 bridgehead atoms. The largest absolute Gasteiger partial charge is 0.462 e. The summed E-state index contributed by atoms with van der Waals surface area (Å²) in [5, 5.41) is 0. The minimum atomic E-state index is -0.782. The maximum atomic E-state index is 12.9. The van der Waals surface area contributed by atoms with Crippen molar-refractivity contribution in [3.8, 4) is 0 Å². The van der Waals surface area contributed by atoms with Crippen LogP contribution in [0.5, 0.6) is 0 Å². The molecular weight excluding hydrogens is 1010 g/mol. The van der Waals surface area contributed by atoms with E-state index in [0.29, 0.717) is 19.3 Å². The molecule has 0 aliphatic heterocycles. The molecule has 480 valence electrons. The van der Waals surface area contributed by atoms with E-state index in [1.54, 1.807) is 0 Å². The minimum absolute atomic E-state index is 0.0760. The zero-order valence-corrected chi connectivity index (χ0v) is 55.3. The Bertz CT molecular complexity index is 1410. The van der Waals surface area contributed by atoms with Crippen molar-refractivity contribution in [3.05, 3.63) is 48.6 Å². The van der Waals surface area contributed by atoms with Crippen molar-refractivity contribution in [2.45, 2.75) is 406 Å². The van der Waals surface area contributed by atoms with Crippen molar-refractivity contribution in [1.29, 1.82) is 0 Å². The molecule has 0 N–H and O–H groups in total. The molecule has 82 heavy (non-hydrogen) atoms. The third-order valence-corrected chi connectivity index (χ3v) is 16.6. The van der Waals surface area contributed by atoms with Crippen molar-refractivity contribution in [2.24, 2.45) is 0 Å². The topological polar surface area (TPSA) is 78.9 Å². The van der Waals surface area contributed by atoms with E-state index in [0.717, 1.165) is 89.9 Å². The SMILES string of the molecule is CC/C=C\C/C=C\C/C=C\CCCCCCCCCC(=O)OC(COC(=O)CCCCCCC/C=C\CCCCCCCC)COC(=O)CCCCCCCCCCCCCCCCCCCCCCCCCCCCCCCCCC. The predicted octanol–water partition coefficient (Wildman–Crippen LogP) is 25.3. The Morgan fingerprint density at radius 1 is 0.256 bits per heavy atom. The average molecular weight is 1150 g/mol. The summed E-state index contributed by atoms with van der Waals surface area (Å²) in [5.41, 5.74) is 0. The number of allylic oxidation sites excluding steroid dienone is 8. The van der Waals surface area contributed by atoms with Gasteiger partial charge in [-0.3, -0.25) is 14.4 Å². The minimum Gasteiger partial charge on any atom is -0.462 e. The van der Waals surface area contributed by atoms with Gasteiger partial charge in [0.1, 0.15) is 13.2 Å². The summed E-state index contributed by atoms with van der Waals surface area (Å²) in [7, 11) is 0. The van der Waals surface area contributed by atoms with Crippen LogP contribution in [-0.4, -0.2) is 37.2 Å². The summed E-state index contributed by atoms with van der Waals surface area (Å²) in [4.78, 5) is 38.4. The Morgan fingerprint density at radius 2 is 0.476 bits per heavy atom. The van der Waals surface area contributed by atoms with Crippen molar-refractivity contribution in [3.63, 3.8) is 0 Å². The van der Waals surface area contributed by atoms with Gasteiger partial charge in [0.05, 0.1) is 0 Å². The van der Waals surface area contributed by atoms with Crippen LogP contribution in [0.4, 0.5) is 0 Å². The zero-order chi connectivity index (χ0) is 59.2. The van der Waals surface area contributed by atoms with Gasteiger partial charge in [0.25, 0.3) is 0 Å². The standard InChI is InChI=1S/C76H140O6/c1-4-7-10-13-16-19-22-25-28-30-31-32-33-34-35-36-37-38-39-40-41-42-43-44-46-48-51-54-57-60-63-66-69-75(78)81-72-73(71-80-74(77)68-65-62-59-56-53-50-47-27-24-21-18-15-12-9-6-3)82-76(79)70-67-64-61-58-55-52-49-45-29-26-23-20-17-14-11-8-5-2/h8,11,17,20,26-27,29,47,73H,4-7,9-10,12-16,18-19,21-25,28,30-46,48-72H2,1-3H3/b11-8-,20-17-,29-26-,47-27-. The first-order valence-corrected chi connectivity index (χ1v) is 36.6. The van der Waals surface area contributed by atoms with Gasteiger partial charge in [0, 0.05) is 19.3 Å². The summed E-state index contributed by atoms with van der Waals surface area (Å²) in [6, 6.07) is 0. The van der Waals surface area contributed by atoms with Crippen molar-refractivity contribution in [2.75, 3.05) is 13.2 Å². The number of hydrogen-bond acceptors (Lipinski definition) is 6. The van der Waals surface area contributed by atoms with Crippen LogP contribution in [0.2, 0.25) is 0 Å². The third-order valence-electron chi connectivity index (χ3n) is 16.6. The quantitative estimate of drug-likeness (QED) is 0.0261. The molecule has 1 atom stereocenters. The smallest absolute Gasteiger partial charge is 0.306 e. The summed E-state index contributed by atoms with van der Waals surface area (Å²) in [6.45, 7) is 6.58. The van der Waals surface area contributed by atoms with Gasteiger partial charge in [-0.15, -0.1) is 0 Å². The molecule has 0 aliphatic rings. The molecule has 6 heteroatoms. The van der Waals surface area contributed by atoms with E-state index >= 15 is 0 Å². The van der Waals surface area contributed by atoms with Gasteiger partial charge in [-0.2, -0.15) is 0 Å². The van der Waals surface area contributed by atoms with E-state index in [1.165, 1.54) is 270 Å². The Labute approximate surface area is 511 Å². The van der Waals surface area contributed by atoms with Gasteiger partial charge in [0.2, 0.25) is 0 Å². The number of rotatable bonds is 68. The second kappa shape index (κ2) is 70.9. The van der Waals surface area contributed by atoms with E-state index in [2.05, 4.69) is 69.4 Å². The van der Waals surface area contributed by atoms with Crippen LogP contribution < -0.4 is 0 Å². The van der Waals surface area contributed by atoms with Gasteiger partial charge in [0.15, 0.2) is 6.10 Å². The second-order valence-electron chi connectivity index (χ2n) is 24.8. The number of unbranched alkanes of at least 4 members (excludes halogenated alkanes) is 49. The highest BCUT2D eigenvalue weighted by atomic mass is 16.6. The highest BCUT2D eigenvalue weighted by molar-refractivity contribution is 5.71. The molecule has 0 saturated carbocycles. The van der Waals surface area contributed by atoms with Crippen LogP contribution in [0, 0.1) is 0 Å². The van der Waals surface area contributed by atoms with Gasteiger partial charge in [-0.25, -0.2) is 0 Å². The monoisotopic (exact) mass is 1150 g/mol. The highest BCUT2D eigenvalue weighted by Gasteiger charge is 2.19. The van der Waals surface area contributed by atoms with E-state index in [9.17, 15) is 14.4 Å². The summed E-state index contributed by atoms with van der Waals surface area (Å²) in [6.07, 6.45) is 90.2. The predicted molar refractivity (Wildman–Crippen MR) is 358 cm³/mol. The van der Waals surface area contributed by atoms with Crippen LogP contribution >= 0.6 is 0 Å². The molecule has 0 rings (SSSR count). The molecule has 0 aromatic heterocycles. The highest BCUT2D eigenvalue weighted by Crippen LogP contribution is 2.19. The lowest BCUT2D eigenvalue weighted by Crippen LogP contribution is -2.30.